The highest BCUT2D eigenvalue weighted by molar-refractivity contribution is 5.27. The summed E-state index contributed by atoms with van der Waals surface area (Å²) in [4.78, 5) is 0. The molecular weight excluding hydrogens is 252 g/mol. The first kappa shape index (κ1) is 15.5. The average Bonchev–Trinajstić information content (AvgIpc) is 2.39. The molecule has 1 aromatic rings. The van der Waals surface area contributed by atoms with Gasteiger partial charge < -0.3 is 15.3 Å². The van der Waals surface area contributed by atoms with E-state index in [1.165, 1.54) is 12.5 Å². The number of hydrogen-bond donors (Lipinski definition) is 3. The minimum Gasteiger partial charge on any atom is -0.385 e. The lowest BCUT2D eigenvalue weighted by molar-refractivity contribution is -0.201. The van der Waals surface area contributed by atoms with Gasteiger partial charge in [0.25, 0.3) is 0 Å². The molecular formula is C17H26O3. The van der Waals surface area contributed by atoms with Gasteiger partial charge in [0.1, 0.15) is 0 Å². The van der Waals surface area contributed by atoms with E-state index in [2.05, 4.69) is 19.1 Å². The van der Waals surface area contributed by atoms with Crippen LogP contribution in [0.1, 0.15) is 57.1 Å². The monoisotopic (exact) mass is 278 g/mol. The van der Waals surface area contributed by atoms with Gasteiger partial charge in [-0.15, -0.1) is 0 Å². The molecule has 20 heavy (non-hydrogen) atoms. The van der Waals surface area contributed by atoms with Gasteiger partial charge >= 0.3 is 0 Å². The molecule has 0 saturated heterocycles. The lowest BCUT2D eigenvalue weighted by atomic mass is 9.73. The van der Waals surface area contributed by atoms with E-state index in [1.54, 1.807) is 0 Å². The van der Waals surface area contributed by atoms with Gasteiger partial charge in [-0.1, -0.05) is 37.6 Å². The lowest BCUT2D eigenvalue weighted by Gasteiger charge is -2.40. The van der Waals surface area contributed by atoms with E-state index in [-0.39, 0.29) is 5.92 Å². The molecule has 1 fully saturated rings. The van der Waals surface area contributed by atoms with Crippen LogP contribution in [-0.2, 0) is 12.0 Å². The molecule has 1 saturated carbocycles. The SMILES string of the molecule is CCCc1ccc(C2(O)CCC(C(C)(O)O)CC2)cc1. The summed E-state index contributed by atoms with van der Waals surface area (Å²) in [5, 5.41) is 30.1. The van der Waals surface area contributed by atoms with Crippen molar-refractivity contribution in [3.8, 4) is 0 Å². The molecule has 0 aromatic heterocycles. The topological polar surface area (TPSA) is 60.7 Å². The number of hydrogen-bond acceptors (Lipinski definition) is 3. The smallest absolute Gasteiger partial charge is 0.162 e. The van der Waals surface area contributed by atoms with E-state index >= 15 is 0 Å². The molecule has 2 rings (SSSR count). The predicted molar refractivity (Wildman–Crippen MR) is 79.1 cm³/mol. The molecule has 3 nitrogen and oxygen atoms in total. The van der Waals surface area contributed by atoms with Crippen molar-refractivity contribution in [3.05, 3.63) is 35.4 Å². The maximum Gasteiger partial charge on any atom is 0.162 e. The predicted octanol–water partition coefficient (Wildman–Crippen LogP) is 2.72. The molecule has 3 heteroatoms. The fourth-order valence-corrected chi connectivity index (χ4v) is 3.20. The molecule has 0 radical (unpaired) electrons. The highest BCUT2D eigenvalue weighted by atomic mass is 16.5. The average molecular weight is 278 g/mol. The Morgan fingerprint density at radius 3 is 2.15 bits per heavy atom. The van der Waals surface area contributed by atoms with Gasteiger partial charge in [-0.2, -0.15) is 0 Å². The number of aryl methyl sites for hydroxylation is 1. The van der Waals surface area contributed by atoms with Crippen molar-refractivity contribution in [1.82, 2.24) is 0 Å². The van der Waals surface area contributed by atoms with Crippen LogP contribution >= 0.6 is 0 Å². The minimum absolute atomic E-state index is 0.151. The van der Waals surface area contributed by atoms with Gasteiger partial charge in [-0.05, 0) is 50.2 Å². The summed E-state index contributed by atoms with van der Waals surface area (Å²) in [7, 11) is 0. The third-order valence-corrected chi connectivity index (χ3v) is 4.62. The summed E-state index contributed by atoms with van der Waals surface area (Å²) in [6.07, 6.45) is 4.63. The van der Waals surface area contributed by atoms with Crippen molar-refractivity contribution in [3.63, 3.8) is 0 Å². The normalized spacial score (nSPS) is 27.6. The first-order valence-electron chi connectivity index (χ1n) is 7.62. The van der Waals surface area contributed by atoms with Crippen LogP contribution in [0.2, 0.25) is 0 Å². The van der Waals surface area contributed by atoms with Crippen LogP contribution in [0.4, 0.5) is 0 Å². The van der Waals surface area contributed by atoms with Gasteiger partial charge in [-0.25, -0.2) is 0 Å². The molecule has 0 aliphatic heterocycles. The molecule has 112 valence electrons. The first-order chi connectivity index (χ1) is 9.35. The van der Waals surface area contributed by atoms with Crippen molar-refractivity contribution in [2.45, 2.75) is 63.8 Å². The van der Waals surface area contributed by atoms with Crippen LogP contribution < -0.4 is 0 Å². The minimum atomic E-state index is -1.63. The highest BCUT2D eigenvalue weighted by Gasteiger charge is 2.40. The van der Waals surface area contributed by atoms with E-state index in [1.807, 2.05) is 12.1 Å². The van der Waals surface area contributed by atoms with Crippen molar-refractivity contribution >= 4 is 0 Å². The number of benzene rings is 1. The number of rotatable bonds is 4. The Hall–Kier alpha value is -0.900. The second-order valence-electron chi connectivity index (χ2n) is 6.35. The van der Waals surface area contributed by atoms with Crippen LogP contribution in [0.3, 0.4) is 0 Å². The standard InChI is InChI=1S/C17H26O3/c1-3-4-13-5-7-15(8-6-13)17(20)11-9-14(10-12-17)16(2,18)19/h5-8,14,18-20H,3-4,9-12H2,1-2H3. The van der Waals surface area contributed by atoms with Crippen molar-refractivity contribution in [2.24, 2.45) is 5.92 Å². The molecule has 0 unspecified atom stereocenters. The Morgan fingerprint density at radius 1 is 1.15 bits per heavy atom. The van der Waals surface area contributed by atoms with Crippen molar-refractivity contribution in [1.29, 1.82) is 0 Å². The highest BCUT2D eigenvalue weighted by Crippen LogP contribution is 2.42. The van der Waals surface area contributed by atoms with E-state index in [9.17, 15) is 15.3 Å². The molecule has 1 aliphatic carbocycles. The van der Waals surface area contributed by atoms with Gasteiger partial charge in [-0.3, -0.25) is 0 Å². The fourth-order valence-electron chi connectivity index (χ4n) is 3.20. The first-order valence-corrected chi connectivity index (χ1v) is 7.62. The van der Waals surface area contributed by atoms with Crippen molar-refractivity contribution in [2.75, 3.05) is 0 Å². The summed E-state index contributed by atoms with van der Waals surface area (Å²) in [6, 6.07) is 8.21. The molecule has 0 amide bonds. The molecule has 0 bridgehead atoms. The summed E-state index contributed by atoms with van der Waals surface area (Å²) in [5.41, 5.74) is 1.44. The zero-order chi connectivity index (χ0) is 14.8. The Morgan fingerprint density at radius 2 is 1.70 bits per heavy atom. The summed E-state index contributed by atoms with van der Waals surface area (Å²) in [6.45, 7) is 3.59. The summed E-state index contributed by atoms with van der Waals surface area (Å²) >= 11 is 0. The Kier molecular flexibility index (Phi) is 4.52. The van der Waals surface area contributed by atoms with Gasteiger partial charge in [0, 0.05) is 5.92 Å². The summed E-state index contributed by atoms with van der Waals surface area (Å²) in [5.74, 6) is -1.78. The zero-order valence-corrected chi connectivity index (χ0v) is 12.5. The molecule has 3 N–H and O–H groups in total. The zero-order valence-electron chi connectivity index (χ0n) is 12.5. The molecule has 0 atom stereocenters. The van der Waals surface area contributed by atoms with Gasteiger partial charge in [0.15, 0.2) is 5.79 Å². The van der Waals surface area contributed by atoms with Crippen molar-refractivity contribution < 1.29 is 15.3 Å². The van der Waals surface area contributed by atoms with Crippen LogP contribution in [-0.4, -0.2) is 21.1 Å². The second kappa shape index (κ2) is 5.84. The van der Waals surface area contributed by atoms with Crippen LogP contribution in [0.15, 0.2) is 24.3 Å². The van der Waals surface area contributed by atoms with Crippen LogP contribution in [0.25, 0.3) is 0 Å². The quantitative estimate of drug-likeness (QED) is 0.742. The molecule has 0 heterocycles. The Balaban J connectivity index is 2.05. The molecule has 1 aromatic carbocycles. The largest absolute Gasteiger partial charge is 0.385 e. The van der Waals surface area contributed by atoms with E-state index in [0.717, 1.165) is 18.4 Å². The van der Waals surface area contributed by atoms with Gasteiger partial charge in [0.2, 0.25) is 0 Å². The molecule has 1 aliphatic rings. The Bertz CT molecular complexity index is 423. The summed E-state index contributed by atoms with van der Waals surface area (Å²) < 4.78 is 0. The maximum atomic E-state index is 10.8. The third-order valence-electron chi connectivity index (χ3n) is 4.62. The van der Waals surface area contributed by atoms with E-state index in [4.69, 9.17) is 0 Å². The Labute approximate surface area is 121 Å². The molecule has 0 spiro atoms. The third kappa shape index (κ3) is 3.40. The van der Waals surface area contributed by atoms with Crippen LogP contribution in [0, 0.1) is 5.92 Å². The lowest BCUT2D eigenvalue weighted by Crippen LogP contribution is -2.41. The van der Waals surface area contributed by atoms with E-state index < -0.39 is 11.4 Å². The second-order valence-corrected chi connectivity index (χ2v) is 6.35. The van der Waals surface area contributed by atoms with E-state index in [0.29, 0.717) is 25.7 Å². The fraction of sp³-hybridized carbons (Fsp3) is 0.647. The van der Waals surface area contributed by atoms with Crippen LogP contribution in [0.5, 0.6) is 0 Å². The van der Waals surface area contributed by atoms with Gasteiger partial charge in [0.05, 0.1) is 5.60 Å². The number of aliphatic hydroxyl groups is 3. The maximum absolute atomic E-state index is 10.8.